The molecule has 0 radical (unpaired) electrons. The molecule has 0 spiro atoms. The van der Waals surface area contributed by atoms with E-state index in [0.29, 0.717) is 17.8 Å². The number of aryl methyl sites for hydroxylation is 1. The van der Waals surface area contributed by atoms with Gasteiger partial charge in [-0.15, -0.1) is 0 Å². The van der Waals surface area contributed by atoms with Gasteiger partial charge in [0.2, 0.25) is 0 Å². The average molecular weight is 478 g/mol. The Morgan fingerprint density at radius 1 is 1.09 bits per heavy atom. The van der Waals surface area contributed by atoms with Crippen LogP contribution in [0.5, 0.6) is 0 Å². The topological polar surface area (TPSA) is 93.5 Å². The van der Waals surface area contributed by atoms with Gasteiger partial charge in [-0.3, -0.25) is 9.27 Å². The molecule has 0 bridgehead atoms. The number of fused-ring (bicyclic) bond motifs is 1. The Balaban J connectivity index is 1.71. The maximum atomic E-state index is 12.5. The molecule has 1 aromatic heterocycles. The number of para-hydroxylation sites is 2. The summed E-state index contributed by atoms with van der Waals surface area (Å²) in [5, 5.41) is 0. The van der Waals surface area contributed by atoms with Crippen LogP contribution in [0.15, 0.2) is 66.7 Å². The lowest BCUT2D eigenvalue weighted by atomic mass is 10.0. The molecule has 0 fully saturated rings. The summed E-state index contributed by atoms with van der Waals surface area (Å²) in [6.45, 7) is 2.70. The number of benzene rings is 3. The van der Waals surface area contributed by atoms with E-state index in [1.54, 1.807) is 12.1 Å². The Labute approximate surface area is 201 Å². The summed E-state index contributed by atoms with van der Waals surface area (Å²) >= 11 is -2.15. The van der Waals surface area contributed by atoms with E-state index in [9.17, 15) is 13.6 Å². The summed E-state index contributed by atoms with van der Waals surface area (Å²) < 4.78 is 30.2. The van der Waals surface area contributed by atoms with Gasteiger partial charge in [-0.1, -0.05) is 61.9 Å². The smallest absolute Gasteiger partial charge is 0.340 e. The number of hydrogen-bond acceptors (Lipinski definition) is 4. The molecule has 1 unspecified atom stereocenters. The molecule has 0 saturated carbocycles. The number of aromatic nitrogens is 2. The molecule has 0 amide bonds. The highest BCUT2D eigenvalue weighted by atomic mass is 32.2. The summed E-state index contributed by atoms with van der Waals surface area (Å²) in [7, 11) is 1.39. The number of carbonyl (C=O) groups is 1. The number of methoxy groups -OCH3 is 1. The first-order valence-electron chi connectivity index (χ1n) is 11.1. The summed E-state index contributed by atoms with van der Waals surface area (Å²) in [5.41, 5.74) is 5.46. The third-order valence-corrected chi connectivity index (χ3v) is 6.13. The summed E-state index contributed by atoms with van der Waals surface area (Å²) in [4.78, 5) is 17.3. The molecule has 3 aromatic carbocycles. The SMILES string of the molecule is CCCCc1nc2cccc(C(=O)OC)c2n1Cc1ccc(-c2ccccc2NS(=O)O)cc1. The van der Waals surface area contributed by atoms with Gasteiger partial charge in [0.15, 0.2) is 0 Å². The van der Waals surface area contributed by atoms with Crippen LogP contribution in [0, 0.1) is 0 Å². The molecule has 8 heteroatoms. The van der Waals surface area contributed by atoms with Crippen LogP contribution < -0.4 is 4.72 Å². The Kier molecular flexibility index (Phi) is 7.40. The predicted molar refractivity (Wildman–Crippen MR) is 135 cm³/mol. The normalized spacial score (nSPS) is 12.0. The van der Waals surface area contributed by atoms with Gasteiger partial charge < -0.3 is 9.30 Å². The van der Waals surface area contributed by atoms with Gasteiger partial charge >= 0.3 is 5.97 Å². The number of carbonyl (C=O) groups excluding carboxylic acids is 1. The molecule has 34 heavy (non-hydrogen) atoms. The fourth-order valence-electron chi connectivity index (χ4n) is 4.09. The highest BCUT2D eigenvalue weighted by Crippen LogP contribution is 2.29. The average Bonchev–Trinajstić information content (AvgIpc) is 3.20. The second-order valence-electron chi connectivity index (χ2n) is 7.98. The van der Waals surface area contributed by atoms with Crippen LogP contribution in [0.3, 0.4) is 0 Å². The number of nitrogens with zero attached hydrogens (tertiary/aromatic N) is 2. The van der Waals surface area contributed by atoms with Crippen molar-refractivity contribution >= 4 is 34.0 Å². The van der Waals surface area contributed by atoms with Crippen LogP contribution >= 0.6 is 0 Å². The molecular formula is C26H27N3O4S. The zero-order valence-electron chi connectivity index (χ0n) is 19.2. The molecule has 0 aliphatic rings. The van der Waals surface area contributed by atoms with E-state index in [-0.39, 0.29) is 5.97 Å². The highest BCUT2D eigenvalue weighted by Gasteiger charge is 2.19. The minimum Gasteiger partial charge on any atom is -0.465 e. The first-order chi connectivity index (χ1) is 16.5. The van der Waals surface area contributed by atoms with E-state index in [2.05, 4.69) is 16.2 Å². The van der Waals surface area contributed by atoms with Crippen molar-refractivity contribution in [3.63, 3.8) is 0 Å². The number of ether oxygens (including phenoxy) is 1. The van der Waals surface area contributed by atoms with Gasteiger partial charge in [0, 0.05) is 18.5 Å². The van der Waals surface area contributed by atoms with Crippen molar-refractivity contribution in [2.24, 2.45) is 0 Å². The zero-order valence-corrected chi connectivity index (χ0v) is 20.0. The fourth-order valence-corrected chi connectivity index (χ4v) is 4.46. The highest BCUT2D eigenvalue weighted by molar-refractivity contribution is 7.80. The molecule has 176 valence electrons. The standard InChI is InChI=1S/C26H27N3O4S/c1-3-4-12-24-27-23-11-7-9-21(26(30)33-2)25(23)29(24)17-18-13-15-19(16-14-18)20-8-5-6-10-22(20)28-34(31)32/h5-11,13-16,28H,3-4,12,17H2,1-2H3,(H,31,32). The van der Waals surface area contributed by atoms with Crippen molar-refractivity contribution in [2.45, 2.75) is 32.7 Å². The van der Waals surface area contributed by atoms with Crippen LogP contribution in [0.1, 0.15) is 41.5 Å². The third-order valence-electron chi connectivity index (χ3n) is 5.73. The Hall–Kier alpha value is -3.49. The van der Waals surface area contributed by atoms with Gasteiger partial charge in [0.25, 0.3) is 11.3 Å². The van der Waals surface area contributed by atoms with Gasteiger partial charge in [0.1, 0.15) is 5.82 Å². The minimum absolute atomic E-state index is 0.380. The van der Waals surface area contributed by atoms with Crippen LogP contribution in [-0.2, 0) is 29.0 Å². The van der Waals surface area contributed by atoms with Gasteiger partial charge in [0.05, 0.1) is 29.4 Å². The van der Waals surface area contributed by atoms with Crippen molar-refractivity contribution < 1.29 is 18.3 Å². The number of esters is 1. The number of nitrogens with one attached hydrogen (secondary N) is 1. The van der Waals surface area contributed by atoms with E-state index in [1.165, 1.54) is 7.11 Å². The molecule has 4 rings (SSSR count). The monoisotopic (exact) mass is 477 g/mol. The maximum absolute atomic E-state index is 12.5. The quantitative estimate of drug-likeness (QED) is 0.248. The molecule has 4 aromatic rings. The number of rotatable bonds is 9. The van der Waals surface area contributed by atoms with E-state index >= 15 is 0 Å². The Morgan fingerprint density at radius 3 is 2.56 bits per heavy atom. The number of anilines is 1. The van der Waals surface area contributed by atoms with Crippen LogP contribution in [0.25, 0.3) is 22.2 Å². The van der Waals surface area contributed by atoms with Crippen molar-refractivity contribution in [1.82, 2.24) is 9.55 Å². The molecule has 2 N–H and O–H groups in total. The Bertz CT molecular complexity index is 1330. The number of hydrogen-bond donors (Lipinski definition) is 2. The minimum atomic E-state index is -2.15. The number of imidazole rings is 1. The predicted octanol–water partition coefficient (Wildman–Crippen LogP) is 5.43. The van der Waals surface area contributed by atoms with Gasteiger partial charge in [-0.2, -0.15) is 0 Å². The fraction of sp³-hybridized carbons (Fsp3) is 0.231. The summed E-state index contributed by atoms with van der Waals surface area (Å²) in [5.74, 6) is 0.562. The summed E-state index contributed by atoms with van der Waals surface area (Å²) in [6, 6.07) is 20.9. The molecule has 0 aliphatic carbocycles. The lowest BCUT2D eigenvalue weighted by molar-refractivity contribution is 0.0602. The molecular weight excluding hydrogens is 450 g/mol. The van der Waals surface area contributed by atoms with Crippen LogP contribution in [0.4, 0.5) is 5.69 Å². The lowest BCUT2D eigenvalue weighted by Crippen LogP contribution is -2.09. The molecule has 0 saturated heterocycles. The van der Waals surface area contributed by atoms with Crippen LogP contribution in [-0.4, -0.2) is 31.4 Å². The van der Waals surface area contributed by atoms with Gasteiger partial charge in [-0.25, -0.2) is 14.0 Å². The Morgan fingerprint density at radius 2 is 1.85 bits per heavy atom. The van der Waals surface area contributed by atoms with Gasteiger partial charge in [-0.05, 0) is 35.7 Å². The second-order valence-corrected chi connectivity index (χ2v) is 8.68. The molecule has 7 nitrogen and oxygen atoms in total. The molecule has 1 heterocycles. The van der Waals surface area contributed by atoms with E-state index in [0.717, 1.165) is 52.8 Å². The largest absolute Gasteiger partial charge is 0.465 e. The first-order valence-corrected chi connectivity index (χ1v) is 12.2. The van der Waals surface area contributed by atoms with Crippen LogP contribution in [0.2, 0.25) is 0 Å². The zero-order chi connectivity index (χ0) is 24.1. The second kappa shape index (κ2) is 10.6. The van der Waals surface area contributed by atoms with E-state index in [1.807, 2.05) is 54.6 Å². The third kappa shape index (κ3) is 5.03. The first kappa shape index (κ1) is 23.7. The van der Waals surface area contributed by atoms with E-state index < -0.39 is 11.3 Å². The molecule has 1 atom stereocenters. The van der Waals surface area contributed by atoms with Crippen molar-refractivity contribution in [3.8, 4) is 11.1 Å². The van der Waals surface area contributed by atoms with Crippen molar-refractivity contribution in [1.29, 1.82) is 0 Å². The molecule has 0 aliphatic heterocycles. The van der Waals surface area contributed by atoms with E-state index in [4.69, 9.17) is 9.72 Å². The lowest BCUT2D eigenvalue weighted by Gasteiger charge is -2.13. The van der Waals surface area contributed by atoms with Crippen molar-refractivity contribution in [3.05, 3.63) is 83.7 Å². The summed E-state index contributed by atoms with van der Waals surface area (Å²) in [6.07, 6.45) is 2.88. The number of unbranched alkanes of at least 4 members (excludes halogenated alkanes) is 1. The maximum Gasteiger partial charge on any atom is 0.340 e. The van der Waals surface area contributed by atoms with Crippen molar-refractivity contribution in [2.75, 3.05) is 11.8 Å².